The van der Waals surface area contributed by atoms with E-state index in [0.717, 1.165) is 23.2 Å². The van der Waals surface area contributed by atoms with E-state index < -0.39 is 0 Å². The van der Waals surface area contributed by atoms with Gasteiger partial charge in [0, 0.05) is 26.8 Å². The van der Waals surface area contributed by atoms with Crippen molar-refractivity contribution in [2.75, 3.05) is 11.9 Å². The second kappa shape index (κ2) is 6.40. The Kier molecular flexibility index (Phi) is 4.32. The molecule has 0 aromatic carbocycles. The van der Waals surface area contributed by atoms with Gasteiger partial charge in [0.2, 0.25) is 0 Å². The number of rotatable bonds is 4. The van der Waals surface area contributed by atoms with E-state index in [2.05, 4.69) is 16.4 Å². The summed E-state index contributed by atoms with van der Waals surface area (Å²) in [5.41, 5.74) is 1.97. The summed E-state index contributed by atoms with van der Waals surface area (Å²) in [7, 11) is 3.13. The van der Waals surface area contributed by atoms with Crippen LogP contribution in [0, 0.1) is 0 Å². The van der Waals surface area contributed by atoms with Gasteiger partial charge in [-0.1, -0.05) is 11.6 Å². The van der Waals surface area contributed by atoms with Crippen LogP contribution in [0.2, 0.25) is 0 Å². The van der Waals surface area contributed by atoms with Crippen LogP contribution < -0.4 is 16.6 Å². The number of pyridine rings is 1. The van der Waals surface area contributed by atoms with Gasteiger partial charge in [0.15, 0.2) is 5.65 Å². The van der Waals surface area contributed by atoms with Crippen LogP contribution in [-0.4, -0.2) is 20.7 Å². The highest BCUT2D eigenvalue weighted by Crippen LogP contribution is 2.21. The Labute approximate surface area is 134 Å². The van der Waals surface area contributed by atoms with E-state index in [1.807, 2.05) is 0 Å². The molecule has 6 nitrogen and oxygen atoms in total. The lowest BCUT2D eigenvalue weighted by Gasteiger charge is -2.15. The Balaban J connectivity index is 1.91. The van der Waals surface area contributed by atoms with Crippen LogP contribution >= 0.6 is 0 Å². The first-order valence-corrected chi connectivity index (χ1v) is 8.06. The van der Waals surface area contributed by atoms with E-state index in [1.54, 1.807) is 19.3 Å². The van der Waals surface area contributed by atoms with Crippen LogP contribution in [0.1, 0.15) is 32.1 Å². The standard InChI is InChI=1S/C17H22N4O2/c1-20-15-14(16(22)21(2)17(20)23)13(9-11-19-15)18-10-8-12-6-4-3-5-7-12/h6,9,11H,3-5,7-8,10H2,1-2H3,(H,18,19). The average Bonchev–Trinajstić information content (AvgIpc) is 2.59. The van der Waals surface area contributed by atoms with Crippen LogP contribution in [-0.2, 0) is 14.1 Å². The molecular weight excluding hydrogens is 292 g/mol. The van der Waals surface area contributed by atoms with Gasteiger partial charge in [0.25, 0.3) is 5.56 Å². The molecule has 0 radical (unpaired) electrons. The Morgan fingerprint density at radius 1 is 1.22 bits per heavy atom. The zero-order chi connectivity index (χ0) is 16.4. The molecule has 23 heavy (non-hydrogen) atoms. The minimum Gasteiger partial charge on any atom is -0.384 e. The summed E-state index contributed by atoms with van der Waals surface area (Å²) in [6.45, 7) is 0.775. The predicted molar refractivity (Wildman–Crippen MR) is 91.9 cm³/mol. The van der Waals surface area contributed by atoms with E-state index in [-0.39, 0.29) is 11.2 Å². The molecule has 0 bridgehead atoms. The van der Waals surface area contributed by atoms with E-state index in [0.29, 0.717) is 11.0 Å². The fourth-order valence-corrected chi connectivity index (χ4v) is 3.12. The number of fused-ring (bicyclic) bond motifs is 1. The molecule has 2 heterocycles. The van der Waals surface area contributed by atoms with Crippen molar-refractivity contribution >= 4 is 16.7 Å². The summed E-state index contributed by atoms with van der Waals surface area (Å²) in [5, 5.41) is 3.81. The van der Waals surface area contributed by atoms with Gasteiger partial charge in [0.1, 0.15) is 5.39 Å². The molecule has 0 spiro atoms. The second-order valence-electron chi connectivity index (χ2n) is 6.05. The second-order valence-corrected chi connectivity index (χ2v) is 6.05. The molecule has 0 unspecified atom stereocenters. The smallest absolute Gasteiger partial charge is 0.332 e. The van der Waals surface area contributed by atoms with E-state index >= 15 is 0 Å². The lowest BCUT2D eigenvalue weighted by Crippen LogP contribution is -2.37. The number of hydrogen-bond acceptors (Lipinski definition) is 4. The van der Waals surface area contributed by atoms with Crippen LogP contribution in [0.15, 0.2) is 33.5 Å². The number of hydrogen-bond donors (Lipinski definition) is 1. The normalized spacial score (nSPS) is 14.8. The molecule has 6 heteroatoms. The van der Waals surface area contributed by atoms with Crippen LogP contribution in [0.25, 0.3) is 11.0 Å². The molecule has 1 aliphatic carbocycles. The lowest BCUT2D eigenvalue weighted by atomic mass is 9.97. The third-order valence-electron chi connectivity index (χ3n) is 4.49. The van der Waals surface area contributed by atoms with Crippen molar-refractivity contribution in [3.05, 3.63) is 44.8 Å². The number of aromatic nitrogens is 3. The molecule has 0 atom stereocenters. The van der Waals surface area contributed by atoms with Crippen LogP contribution in [0.4, 0.5) is 5.69 Å². The Morgan fingerprint density at radius 3 is 2.78 bits per heavy atom. The first-order valence-electron chi connectivity index (χ1n) is 8.06. The maximum absolute atomic E-state index is 12.4. The van der Waals surface area contributed by atoms with Crippen molar-refractivity contribution in [2.24, 2.45) is 14.1 Å². The molecule has 1 N–H and O–H groups in total. The highest BCUT2D eigenvalue weighted by Gasteiger charge is 2.13. The highest BCUT2D eigenvalue weighted by atomic mass is 16.2. The summed E-state index contributed by atoms with van der Waals surface area (Å²) >= 11 is 0. The molecule has 1 aliphatic rings. The lowest BCUT2D eigenvalue weighted by molar-refractivity contribution is 0.679. The summed E-state index contributed by atoms with van der Waals surface area (Å²) < 4.78 is 2.53. The SMILES string of the molecule is Cn1c(=O)c2c(NCCC3=CCCCC3)ccnc2n(C)c1=O. The van der Waals surface area contributed by atoms with Crippen molar-refractivity contribution in [2.45, 2.75) is 32.1 Å². The van der Waals surface area contributed by atoms with Gasteiger partial charge in [-0.05, 0) is 38.2 Å². The van der Waals surface area contributed by atoms with Crippen molar-refractivity contribution < 1.29 is 0 Å². The molecule has 2 aromatic heterocycles. The molecule has 0 saturated carbocycles. The number of allylic oxidation sites excluding steroid dienone is 1. The van der Waals surface area contributed by atoms with Crippen molar-refractivity contribution in [3.8, 4) is 0 Å². The topological polar surface area (TPSA) is 68.9 Å². The minimum atomic E-state index is -0.362. The Bertz CT molecular complexity index is 877. The van der Waals surface area contributed by atoms with Gasteiger partial charge in [-0.25, -0.2) is 9.78 Å². The third-order valence-corrected chi connectivity index (χ3v) is 4.49. The summed E-state index contributed by atoms with van der Waals surface area (Å²) in [4.78, 5) is 28.6. The van der Waals surface area contributed by atoms with Gasteiger partial charge < -0.3 is 5.32 Å². The van der Waals surface area contributed by atoms with E-state index in [9.17, 15) is 9.59 Å². The highest BCUT2D eigenvalue weighted by molar-refractivity contribution is 5.87. The largest absolute Gasteiger partial charge is 0.384 e. The van der Waals surface area contributed by atoms with Crippen molar-refractivity contribution in [1.82, 2.24) is 14.1 Å². The molecule has 0 amide bonds. The molecular formula is C17H22N4O2. The number of nitrogens with zero attached hydrogens (tertiary/aromatic N) is 3. The summed E-state index contributed by atoms with van der Waals surface area (Å²) in [6.07, 6.45) is 9.85. The van der Waals surface area contributed by atoms with E-state index in [1.165, 1.54) is 42.9 Å². The van der Waals surface area contributed by atoms with Crippen LogP contribution in [0.3, 0.4) is 0 Å². The number of aryl methyl sites for hydroxylation is 1. The summed E-state index contributed by atoms with van der Waals surface area (Å²) in [5.74, 6) is 0. The van der Waals surface area contributed by atoms with Gasteiger partial charge in [-0.2, -0.15) is 0 Å². The predicted octanol–water partition coefficient (Wildman–Crippen LogP) is 1.93. The van der Waals surface area contributed by atoms with Crippen LogP contribution in [0.5, 0.6) is 0 Å². The molecule has 0 fully saturated rings. The molecule has 122 valence electrons. The zero-order valence-electron chi connectivity index (χ0n) is 13.6. The third kappa shape index (κ3) is 2.93. The first kappa shape index (κ1) is 15.5. The zero-order valence-corrected chi connectivity index (χ0v) is 13.6. The van der Waals surface area contributed by atoms with Gasteiger partial charge in [0.05, 0.1) is 5.69 Å². The number of nitrogens with one attached hydrogen (secondary N) is 1. The fourth-order valence-electron chi connectivity index (χ4n) is 3.12. The minimum absolute atomic E-state index is 0.310. The van der Waals surface area contributed by atoms with Crippen molar-refractivity contribution in [3.63, 3.8) is 0 Å². The molecule has 0 saturated heterocycles. The maximum Gasteiger partial charge on any atom is 0.332 e. The van der Waals surface area contributed by atoms with Gasteiger partial charge in [-0.15, -0.1) is 0 Å². The summed E-state index contributed by atoms with van der Waals surface area (Å²) in [6, 6.07) is 1.80. The van der Waals surface area contributed by atoms with Gasteiger partial charge >= 0.3 is 5.69 Å². The van der Waals surface area contributed by atoms with E-state index in [4.69, 9.17) is 0 Å². The van der Waals surface area contributed by atoms with Gasteiger partial charge in [-0.3, -0.25) is 13.9 Å². The molecule has 3 rings (SSSR count). The molecule has 0 aliphatic heterocycles. The Morgan fingerprint density at radius 2 is 2.04 bits per heavy atom. The van der Waals surface area contributed by atoms with Crippen molar-refractivity contribution in [1.29, 1.82) is 0 Å². The fraction of sp³-hybridized carbons (Fsp3) is 0.471. The molecule has 2 aromatic rings. The maximum atomic E-state index is 12.4. The quantitative estimate of drug-likeness (QED) is 0.876. The number of anilines is 1. The monoisotopic (exact) mass is 314 g/mol. The average molecular weight is 314 g/mol. The first-order chi connectivity index (χ1) is 11.1. The Hall–Kier alpha value is -2.37.